The molecule has 0 unspecified atom stereocenters. The largest absolute Gasteiger partial charge is 0.343 e. The van der Waals surface area contributed by atoms with Crippen LogP contribution in [0.15, 0.2) is 24.3 Å². The minimum atomic E-state index is -0.114. The Kier molecular flexibility index (Phi) is 5.08. The summed E-state index contributed by atoms with van der Waals surface area (Å²) in [6.45, 7) is 18.7. The van der Waals surface area contributed by atoms with Crippen molar-refractivity contribution in [2.45, 2.75) is 116 Å². The summed E-state index contributed by atoms with van der Waals surface area (Å²) < 4.78 is 0. The van der Waals surface area contributed by atoms with Gasteiger partial charge in [-0.05, 0) is 99.6 Å². The number of hydrogen-bond donors (Lipinski definition) is 1. The summed E-state index contributed by atoms with van der Waals surface area (Å²) >= 11 is 0. The molecule has 0 saturated carbocycles. The third-order valence-corrected chi connectivity index (χ3v) is 7.48. The molecule has 170 valence electrons. The normalized spacial score (nSPS) is 25.1. The smallest absolute Gasteiger partial charge is 0.173 e. The molecule has 0 radical (unpaired) electrons. The van der Waals surface area contributed by atoms with Crippen molar-refractivity contribution in [1.82, 2.24) is 9.97 Å². The monoisotopic (exact) mass is 423 g/mol. The number of piperidine rings is 2. The summed E-state index contributed by atoms with van der Waals surface area (Å²) in [7, 11) is 0. The molecule has 2 aliphatic heterocycles. The maximum Gasteiger partial charge on any atom is 0.173 e. The van der Waals surface area contributed by atoms with Gasteiger partial charge in [-0.1, -0.05) is 12.1 Å². The van der Waals surface area contributed by atoms with E-state index in [9.17, 15) is 0 Å². The van der Waals surface area contributed by atoms with Gasteiger partial charge in [0.2, 0.25) is 0 Å². The van der Waals surface area contributed by atoms with Gasteiger partial charge < -0.3 is 15.5 Å². The highest BCUT2D eigenvalue weighted by Gasteiger charge is 2.49. The van der Waals surface area contributed by atoms with Gasteiger partial charge in [0.15, 0.2) is 11.6 Å². The minimum absolute atomic E-state index is 0.00805. The van der Waals surface area contributed by atoms with Gasteiger partial charge in [-0.2, -0.15) is 0 Å². The molecule has 5 heteroatoms. The molecule has 3 heterocycles. The number of anilines is 2. The number of aromatic nitrogens is 2. The van der Waals surface area contributed by atoms with Crippen LogP contribution in [0.2, 0.25) is 0 Å². The molecule has 2 aliphatic rings. The second kappa shape index (κ2) is 7.06. The maximum absolute atomic E-state index is 6.51. The van der Waals surface area contributed by atoms with Gasteiger partial charge in [-0.15, -0.1) is 0 Å². The van der Waals surface area contributed by atoms with Crippen molar-refractivity contribution in [3.05, 3.63) is 24.3 Å². The van der Waals surface area contributed by atoms with Crippen molar-refractivity contribution in [2.24, 2.45) is 5.73 Å². The lowest BCUT2D eigenvalue weighted by atomic mass is 9.76. The summed E-state index contributed by atoms with van der Waals surface area (Å²) in [4.78, 5) is 15.7. The quantitative estimate of drug-likeness (QED) is 0.675. The van der Waals surface area contributed by atoms with E-state index < -0.39 is 0 Å². The lowest BCUT2D eigenvalue weighted by Gasteiger charge is -2.58. The Balaban J connectivity index is 2.01. The number of fused-ring (bicyclic) bond motifs is 1. The van der Waals surface area contributed by atoms with Crippen LogP contribution in [0.3, 0.4) is 0 Å². The fraction of sp³-hybridized carbons (Fsp3) is 0.692. The first kappa shape index (κ1) is 22.3. The predicted octanol–water partition coefficient (Wildman–Crippen LogP) is 5.66. The van der Waals surface area contributed by atoms with Gasteiger partial charge >= 0.3 is 0 Å². The van der Waals surface area contributed by atoms with Gasteiger partial charge in [-0.3, -0.25) is 0 Å². The van der Waals surface area contributed by atoms with E-state index in [1.165, 1.54) is 6.42 Å². The second-order valence-electron chi connectivity index (χ2n) is 12.3. The first-order chi connectivity index (χ1) is 14.2. The van der Waals surface area contributed by atoms with E-state index in [4.69, 9.17) is 15.7 Å². The molecule has 2 fully saturated rings. The van der Waals surface area contributed by atoms with Crippen molar-refractivity contribution in [3.63, 3.8) is 0 Å². The number of nitrogens with two attached hydrogens (primary N) is 1. The van der Waals surface area contributed by atoms with Crippen LogP contribution in [-0.2, 0) is 0 Å². The van der Waals surface area contributed by atoms with Gasteiger partial charge in [0, 0.05) is 28.2 Å². The summed E-state index contributed by atoms with van der Waals surface area (Å²) in [5, 5.41) is 0. The Morgan fingerprint density at radius 1 is 0.710 bits per heavy atom. The molecule has 0 bridgehead atoms. The second-order valence-corrected chi connectivity index (χ2v) is 12.3. The third-order valence-electron chi connectivity index (χ3n) is 7.48. The molecule has 2 N–H and O–H groups in total. The molecule has 0 spiro atoms. The molecule has 0 aliphatic carbocycles. The van der Waals surface area contributed by atoms with Crippen LogP contribution in [-0.4, -0.2) is 38.2 Å². The average Bonchev–Trinajstić information content (AvgIpc) is 2.57. The standard InChI is InChI=1S/C26H41N5/c1-23(2)14-11-15-24(3,4)30(23)21-22(29-20-13-10-9-12-19(20)28-21)31-25(5,6)16-18(27)17-26(31,7)8/h9-10,12-13,18H,11,14-17,27H2,1-8H3. The molecular formula is C26H41N5. The van der Waals surface area contributed by atoms with Crippen molar-refractivity contribution < 1.29 is 0 Å². The Morgan fingerprint density at radius 2 is 1.10 bits per heavy atom. The molecule has 4 rings (SSSR count). The topological polar surface area (TPSA) is 58.3 Å². The van der Waals surface area contributed by atoms with Crippen LogP contribution in [0.25, 0.3) is 11.0 Å². The molecule has 1 aromatic heterocycles. The Bertz CT molecular complexity index is 941. The fourth-order valence-electron chi connectivity index (χ4n) is 6.78. The van der Waals surface area contributed by atoms with Gasteiger partial charge in [0.05, 0.1) is 11.0 Å². The van der Waals surface area contributed by atoms with E-state index >= 15 is 0 Å². The average molecular weight is 424 g/mol. The molecule has 31 heavy (non-hydrogen) atoms. The number of nitrogens with zero attached hydrogens (tertiary/aromatic N) is 4. The summed E-state index contributed by atoms with van der Waals surface area (Å²) in [5.74, 6) is 2.02. The number of rotatable bonds is 2. The van der Waals surface area contributed by atoms with Crippen molar-refractivity contribution in [1.29, 1.82) is 0 Å². The van der Waals surface area contributed by atoms with E-state index in [1.807, 2.05) is 0 Å². The molecular weight excluding hydrogens is 382 g/mol. The third kappa shape index (κ3) is 3.79. The Morgan fingerprint density at radius 3 is 1.52 bits per heavy atom. The lowest BCUT2D eigenvalue weighted by Crippen LogP contribution is -2.65. The van der Waals surface area contributed by atoms with E-state index in [0.29, 0.717) is 0 Å². The highest BCUT2D eigenvalue weighted by Crippen LogP contribution is 2.49. The number of benzene rings is 1. The van der Waals surface area contributed by atoms with Gasteiger partial charge in [-0.25, -0.2) is 9.97 Å². The Labute approximate surface area is 188 Å². The highest BCUT2D eigenvalue weighted by molar-refractivity contribution is 5.82. The van der Waals surface area contributed by atoms with Crippen molar-refractivity contribution >= 4 is 22.7 Å². The molecule has 2 aromatic rings. The zero-order valence-electron chi connectivity index (χ0n) is 20.8. The van der Waals surface area contributed by atoms with Crippen LogP contribution in [0, 0.1) is 0 Å². The van der Waals surface area contributed by atoms with Crippen molar-refractivity contribution in [3.8, 4) is 0 Å². The lowest BCUT2D eigenvalue weighted by molar-refractivity contribution is 0.214. The summed E-state index contributed by atoms with van der Waals surface area (Å²) in [6.07, 6.45) is 5.43. The van der Waals surface area contributed by atoms with E-state index in [2.05, 4.69) is 89.5 Å². The van der Waals surface area contributed by atoms with Crippen LogP contribution in [0.1, 0.15) is 87.5 Å². The molecule has 0 amide bonds. The van der Waals surface area contributed by atoms with E-state index in [1.54, 1.807) is 0 Å². The predicted molar refractivity (Wildman–Crippen MR) is 132 cm³/mol. The highest BCUT2D eigenvalue weighted by atomic mass is 15.4. The van der Waals surface area contributed by atoms with Gasteiger partial charge in [0.25, 0.3) is 0 Å². The summed E-state index contributed by atoms with van der Waals surface area (Å²) in [5.41, 5.74) is 8.21. The first-order valence-corrected chi connectivity index (χ1v) is 11.9. The van der Waals surface area contributed by atoms with Crippen LogP contribution < -0.4 is 15.5 Å². The SMILES string of the molecule is CC1(C)CCCC(C)(C)N1c1nc2ccccc2nc1N1C(C)(C)CC(N)CC1(C)C. The zero-order valence-corrected chi connectivity index (χ0v) is 20.8. The van der Waals surface area contributed by atoms with Crippen LogP contribution >= 0.6 is 0 Å². The number of para-hydroxylation sites is 2. The van der Waals surface area contributed by atoms with E-state index in [0.717, 1.165) is 48.4 Å². The molecule has 2 saturated heterocycles. The fourth-order valence-corrected chi connectivity index (χ4v) is 6.78. The Hall–Kier alpha value is -1.88. The zero-order chi connectivity index (χ0) is 22.8. The summed E-state index contributed by atoms with van der Waals surface area (Å²) in [6, 6.07) is 8.47. The number of hydrogen-bond acceptors (Lipinski definition) is 5. The molecule has 5 nitrogen and oxygen atoms in total. The maximum atomic E-state index is 6.51. The van der Waals surface area contributed by atoms with Crippen LogP contribution in [0.4, 0.5) is 11.6 Å². The molecule has 0 atom stereocenters. The van der Waals surface area contributed by atoms with Crippen LogP contribution in [0.5, 0.6) is 0 Å². The van der Waals surface area contributed by atoms with E-state index in [-0.39, 0.29) is 28.2 Å². The van der Waals surface area contributed by atoms with Gasteiger partial charge in [0.1, 0.15) is 0 Å². The molecule has 1 aromatic carbocycles. The van der Waals surface area contributed by atoms with Crippen molar-refractivity contribution in [2.75, 3.05) is 9.80 Å². The first-order valence-electron chi connectivity index (χ1n) is 11.9. The minimum Gasteiger partial charge on any atom is -0.343 e.